The standard InChI is InChI=1S/C29H23ClN2O6/c1-14-9-24-20(12-22(14)30)15(2)27(37-24)29(33)36-17-6-8-19-25(11-17)38-28(32)21(13-31)26(19)18-7-5-16(34-3)10-23(18)35-4/h5-12,26H,32H2,1-4H3. The van der Waals surface area contributed by atoms with E-state index in [0.717, 1.165) is 10.9 Å². The molecule has 9 heteroatoms. The predicted molar refractivity (Wildman–Crippen MR) is 141 cm³/mol. The third-order valence-electron chi connectivity index (χ3n) is 6.56. The molecule has 0 saturated heterocycles. The Labute approximate surface area is 223 Å². The third kappa shape index (κ3) is 4.17. The zero-order valence-electron chi connectivity index (χ0n) is 21.0. The number of hydrogen-bond acceptors (Lipinski definition) is 8. The van der Waals surface area contributed by atoms with Crippen molar-refractivity contribution in [3.63, 3.8) is 0 Å². The molecule has 8 nitrogen and oxygen atoms in total. The first-order valence-corrected chi connectivity index (χ1v) is 12.0. The number of hydrogen-bond donors (Lipinski definition) is 1. The Bertz CT molecular complexity index is 1680. The first kappa shape index (κ1) is 25.1. The molecule has 2 heterocycles. The SMILES string of the molecule is COc1ccc(C2C(C#N)=C(N)Oc3cc(OC(=O)c4oc5cc(C)c(Cl)cc5c4C)ccc32)c(OC)c1. The number of methoxy groups -OCH3 is 2. The van der Waals surface area contributed by atoms with Crippen LogP contribution in [-0.2, 0) is 0 Å². The fraction of sp³-hybridized carbons (Fsp3) is 0.172. The van der Waals surface area contributed by atoms with Crippen LogP contribution < -0.4 is 24.7 Å². The van der Waals surface area contributed by atoms with Crippen LogP contribution >= 0.6 is 11.6 Å². The second-order valence-corrected chi connectivity index (χ2v) is 9.18. The van der Waals surface area contributed by atoms with Crippen LogP contribution in [0.25, 0.3) is 11.0 Å². The summed E-state index contributed by atoms with van der Waals surface area (Å²) in [7, 11) is 3.10. The fourth-order valence-corrected chi connectivity index (χ4v) is 4.73. The molecule has 0 spiro atoms. The lowest BCUT2D eigenvalue weighted by Crippen LogP contribution is -2.21. The van der Waals surface area contributed by atoms with Crippen LogP contribution in [0.2, 0.25) is 5.02 Å². The van der Waals surface area contributed by atoms with Crippen molar-refractivity contribution >= 4 is 28.5 Å². The van der Waals surface area contributed by atoms with E-state index in [4.69, 9.17) is 40.7 Å². The quantitative estimate of drug-likeness (QED) is 0.241. The van der Waals surface area contributed by atoms with E-state index in [1.54, 1.807) is 56.5 Å². The highest BCUT2D eigenvalue weighted by Gasteiger charge is 2.33. The van der Waals surface area contributed by atoms with Crippen molar-refractivity contribution in [1.82, 2.24) is 0 Å². The van der Waals surface area contributed by atoms with Gasteiger partial charge in [-0.3, -0.25) is 0 Å². The number of ether oxygens (including phenoxy) is 4. The van der Waals surface area contributed by atoms with Gasteiger partial charge in [-0.1, -0.05) is 23.7 Å². The van der Waals surface area contributed by atoms with Crippen LogP contribution in [0.3, 0.4) is 0 Å². The van der Waals surface area contributed by atoms with Gasteiger partial charge in [0, 0.05) is 39.2 Å². The summed E-state index contributed by atoms with van der Waals surface area (Å²) in [5.41, 5.74) is 9.74. The van der Waals surface area contributed by atoms with E-state index in [9.17, 15) is 10.1 Å². The lowest BCUT2D eigenvalue weighted by Gasteiger charge is -2.27. The zero-order valence-corrected chi connectivity index (χ0v) is 21.8. The summed E-state index contributed by atoms with van der Waals surface area (Å²) in [6.07, 6.45) is 0. The number of esters is 1. The molecule has 1 unspecified atom stereocenters. The highest BCUT2D eigenvalue weighted by atomic mass is 35.5. The van der Waals surface area contributed by atoms with Gasteiger partial charge in [0.1, 0.15) is 40.2 Å². The highest BCUT2D eigenvalue weighted by Crippen LogP contribution is 2.46. The number of rotatable bonds is 5. The van der Waals surface area contributed by atoms with Gasteiger partial charge >= 0.3 is 5.97 Å². The molecule has 0 saturated carbocycles. The van der Waals surface area contributed by atoms with Crippen molar-refractivity contribution in [2.45, 2.75) is 19.8 Å². The maximum Gasteiger partial charge on any atom is 0.379 e. The van der Waals surface area contributed by atoms with Gasteiger partial charge in [-0.2, -0.15) is 5.26 Å². The van der Waals surface area contributed by atoms with E-state index in [1.807, 2.05) is 13.0 Å². The lowest BCUT2D eigenvalue weighted by molar-refractivity contribution is 0.0702. The monoisotopic (exact) mass is 530 g/mol. The molecule has 1 aliphatic rings. The van der Waals surface area contributed by atoms with Crippen molar-refractivity contribution in [1.29, 1.82) is 5.26 Å². The van der Waals surface area contributed by atoms with Crippen molar-refractivity contribution in [3.8, 4) is 29.1 Å². The number of nitrogens with zero attached hydrogens (tertiary/aromatic N) is 1. The molecule has 5 rings (SSSR count). The van der Waals surface area contributed by atoms with Crippen molar-refractivity contribution in [3.05, 3.63) is 93.0 Å². The molecule has 0 bridgehead atoms. The summed E-state index contributed by atoms with van der Waals surface area (Å²) in [5.74, 6) is 0.481. The summed E-state index contributed by atoms with van der Waals surface area (Å²) in [5, 5.41) is 11.2. The number of carbonyl (C=O) groups is 1. The Hall–Kier alpha value is -4.61. The topological polar surface area (TPSA) is 117 Å². The minimum atomic E-state index is -0.669. The Morgan fingerprint density at radius 1 is 1.03 bits per heavy atom. The summed E-state index contributed by atoms with van der Waals surface area (Å²) in [4.78, 5) is 13.0. The van der Waals surface area contributed by atoms with Gasteiger partial charge in [-0.15, -0.1) is 0 Å². The number of halogens is 1. The van der Waals surface area contributed by atoms with E-state index >= 15 is 0 Å². The Balaban J connectivity index is 1.51. The minimum Gasteiger partial charge on any atom is -0.497 e. The number of carbonyl (C=O) groups excluding carboxylic acids is 1. The van der Waals surface area contributed by atoms with Crippen LogP contribution in [-0.4, -0.2) is 20.2 Å². The first-order chi connectivity index (χ1) is 18.2. The maximum absolute atomic E-state index is 13.0. The Morgan fingerprint density at radius 3 is 2.47 bits per heavy atom. The second-order valence-electron chi connectivity index (χ2n) is 8.78. The molecule has 2 N–H and O–H groups in total. The van der Waals surface area contributed by atoms with Crippen LogP contribution in [0.1, 0.15) is 38.7 Å². The van der Waals surface area contributed by atoms with E-state index < -0.39 is 11.9 Å². The number of benzene rings is 3. The van der Waals surface area contributed by atoms with Crippen LogP contribution in [0.4, 0.5) is 0 Å². The number of fused-ring (bicyclic) bond motifs is 2. The molecule has 1 atom stereocenters. The van der Waals surface area contributed by atoms with Gasteiger partial charge in [0.25, 0.3) is 0 Å². The smallest absolute Gasteiger partial charge is 0.379 e. The van der Waals surface area contributed by atoms with Crippen LogP contribution in [0.15, 0.2) is 64.4 Å². The zero-order chi connectivity index (χ0) is 27.1. The molecule has 0 fully saturated rings. The third-order valence-corrected chi connectivity index (χ3v) is 6.96. The molecule has 192 valence electrons. The normalized spacial score (nSPS) is 14.5. The van der Waals surface area contributed by atoms with Gasteiger partial charge < -0.3 is 29.1 Å². The van der Waals surface area contributed by atoms with Gasteiger partial charge in [0.15, 0.2) is 0 Å². The van der Waals surface area contributed by atoms with E-state index in [2.05, 4.69) is 6.07 Å². The maximum atomic E-state index is 13.0. The summed E-state index contributed by atoms with van der Waals surface area (Å²) < 4.78 is 28.1. The van der Waals surface area contributed by atoms with Gasteiger partial charge in [0.2, 0.25) is 11.6 Å². The van der Waals surface area contributed by atoms with Crippen molar-refractivity contribution in [2.75, 3.05) is 14.2 Å². The molecule has 1 aliphatic heterocycles. The fourth-order valence-electron chi connectivity index (χ4n) is 4.57. The average molecular weight is 531 g/mol. The Kier molecular flexibility index (Phi) is 6.39. The largest absolute Gasteiger partial charge is 0.497 e. The molecule has 3 aromatic carbocycles. The average Bonchev–Trinajstić information content (AvgIpc) is 3.22. The van der Waals surface area contributed by atoms with Crippen molar-refractivity contribution in [2.24, 2.45) is 5.73 Å². The number of aryl methyl sites for hydroxylation is 2. The molecular formula is C29H23ClN2O6. The summed E-state index contributed by atoms with van der Waals surface area (Å²) in [6, 6.07) is 15.9. The molecular weight excluding hydrogens is 508 g/mol. The molecule has 0 aliphatic carbocycles. The van der Waals surface area contributed by atoms with Gasteiger partial charge in [-0.05, 0) is 43.7 Å². The Morgan fingerprint density at radius 2 is 1.76 bits per heavy atom. The molecule has 1 aromatic heterocycles. The van der Waals surface area contributed by atoms with Crippen LogP contribution in [0, 0.1) is 25.2 Å². The molecule has 38 heavy (non-hydrogen) atoms. The lowest BCUT2D eigenvalue weighted by atomic mass is 9.83. The number of furan rings is 1. The summed E-state index contributed by atoms with van der Waals surface area (Å²) in [6.45, 7) is 3.63. The number of nitriles is 1. The minimum absolute atomic E-state index is 0.0493. The predicted octanol–water partition coefficient (Wildman–Crippen LogP) is 6.16. The van der Waals surface area contributed by atoms with Crippen molar-refractivity contribution < 1.29 is 28.2 Å². The van der Waals surface area contributed by atoms with E-state index in [0.29, 0.717) is 44.5 Å². The van der Waals surface area contributed by atoms with Gasteiger partial charge in [0.05, 0.1) is 20.1 Å². The molecule has 4 aromatic rings. The molecule has 0 amide bonds. The van der Waals surface area contributed by atoms with Gasteiger partial charge in [-0.25, -0.2) is 4.79 Å². The van der Waals surface area contributed by atoms with E-state index in [-0.39, 0.29) is 23.0 Å². The van der Waals surface area contributed by atoms with Crippen LogP contribution in [0.5, 0.6) is 23.0 Å². The number of nitrogens with two attached hydrogens (primary N) is 1. The highest BCUT2D eigenvalue weighted by molar-refractivity contribution is 6.32. The first-order valence-electron chi connectivity index (χ1n) is 11.6. The van der Waals surface area contributed by atoms with E-state index in [1.165, 1.54) is 7.11 Å². The second kappa shape index (κ2) is 9.69. The number of allylic oxidation sites excluding steroid dienone is 1. The molecule has 0 radical (unpaired) electrons. The summed E-state index contributed by atoms with van der Waals surface area (Å²) >= 11 is 6.25.